The Labute approximate surface area is 178 Å². The van der Waals surface area contributed by atoms with Crippen LogP contribution in [0.5, 0.6) is 0 Å². The summed E-state index contributed by atoms with van der Waals surface area (Å²) >= 11 is 5.20. The molecule has 29 heavy (non-hydrogen) atoms. The molecule has 0 saturated heterocycles. The van der Waals surface area contributed by atoms with Crippen molar-refractivity contribution >= 4 is 40.5 Å². The molecular formula is C23H29N3O2S. The molecule has 0 aliphatic rings. The molecule has 0 radical (unpaired) electrons. The van der Waals surface area contributed by atoms with Crippen molar-refractivity contribution in [3.63, 3.8) is 0 Å². The van der Waals surface area contributed by atoms with Gasteiger partial charge in [-0.25, -0.2) is 0 Å². The Kier molecular flexibility index (Phi) is 6.80. The third kappa shape index (κ3) is 6.68. The van der Waals surface area contributed by atoms with Gasteiger partial charge in [-0.3, -0.25) is 9.59 Å². The molecule has 0 fully saturated rings. The van der Waals surface area contributed by atoms with Crippen LogP contribution in [0.4, 0.5) is 11.4 Å². The number of hydrogen-bond donors (Lipinski definition) is 3. The highest BCUT2D eigenvalue weighted by atomic mass is 32.1. The summed E-state index contributed by atoms with van der Waals surface area (Å²) in [5.41, 5.74) is 2.56. The van der Waals surface area contributed by atoms with Crippen molar-refractivity contribution < 1.29 is 9.59 Å². The molecule has 154 valence electrons. The van der Waals surface area contributed by atoms with Crippen LogP contribution in [0.3, 0.4) is 0 Å². The summed E-state index contributed by atoms with van der Waals surface area (Å²) in [7, 11) is 0. The first-order valence-corrected chi connectivity index (χ1v) is 9.91. The van der Waals surface area contributed by atoms with Gasteiger partial charge in [0.25, 0.3) is 5.91 Å². The van der Waals surface area contributed by atoms with E-state index in [4.69, 9.17) is 12.2 Å². The van der Waals surface area contributed by atoms with Crippen LogP contribution in [0.15, 0.2) is 48.5 Å². The summed E-state index contributed by atoms with van der Waals surface area (Å²) < 4.78 is 0. The molecule has 0 aliphatic heterocycles. The van der Waals surface area contributed by atoms with E-state index in [0.717, 1.165) is 0 Å². The predicted molar refractivity (Wildman–Crippen MR) is 123 cm³/mol. The fraction of sp³-hybridized carbons (Fsp3) is 0.348. The molecule has 0 aliphatic carbocycles. The van der Waals surface area contributed by atoms with E-state index in [1.165, 1.54) is 5.56 Å². The first kappa shape index (κ1) is 22.6. The topological polar surface area (TPSA) is 70.2 Å². The molecule has 3 N–H and O–H groups in total. The van der Waals surface area contributed by atoms with Crippen LogP contribution in [-0.2, 0) is 10.2 Å². The van der Waals surface area contributed by atoms with Crippen LogP contribution in [0.1, 0.15) is 57.5 Å². The SMILES string of the molecule is CC(C)(C)C(=O)NC(=S)Nc1cccc(NC(=O)c2ccc(C(C)(C)C)cc2)c1. The molecule has 2 amide bonds. The predicted octanol–water partition coefficient (Wildman–Crippen LogP) is 5.10. The second-order valence-corrected chi connectivity index (χ2v) is 9.43. The highest BCUT2D eigenvalue weighted by Crippen LogP contribution is 2.23. The molecule has 0 aromatic heterocycles. The fourth-order valence-electron chi connectivity index (χ4n) is 2.45. The number of anilines is 2. The molecule has 0 unspecified atom stereocenters. The van der Waals surface area contributed by atoms with Gasteiger partial charge in [-0.05, 0) is 53.5 Å². The molecule has 2 aromatic rings. The lowest BCUT2D eigenvalue weighted by Gasteiger charge is -2.19. The van der Waals surface area contributed by atoms with Gasteiger partial charge >= 0.3 is 0 Å². The maximum atomic E-state index is 12.6. The van der Waals surface area contributed by atoms with Gasteiger partial charge in [0, 0.05) is 22.4 Å². The van der Waals surface area contributed by atoms with Crippen molar-refractivity contribution in [3.05, 3.63) is 59.7 Å². The fourth-order valence-corrected chi connectivity index (χ4v) is 2.66. The number of carbonyl (C=O) groups excluding carboxylic acids is 2. The van der Waals surface area contributed by atoms with Gasteiger partial charge in [-0.1, -0.05) is 59.7 Å². The normalized spacial score (nSPS) is 11.5. The largest absolute Gasteiger partial charge is 0.332 e. The number of thiocarbonyl (C=S) groups is 1. The minimum atomic E-state index is -0.538. The van der Waals surface area contributed by atoms with Gasteiger partial charge in [0.2, 0.25) is 5.91 Å². The third-order valence-corrected chi connectivity index (χ3v) is 4.50. The van der Waals surface area contributed by atoms with Crippen LogP contribution in [-0.4, -0.2) is 16.9 Å². The van der Waals surface area contributed by atoms with E-state index >= 15 is 0 Å². The van der Waals surface area contributed by atoms with Gasteiger partial charge in [0.15, 0.2) is 5.11 Å². The van der Waals surface area contributed by atoms with Crippen LogP contribution in [0.2, 0.25) is 0 Å². The van der Waals surface area contributed by atoms with Gasteiger partial charge < -0.3 is 16.0 Å². The second kappa shape index (κ2) is 8.74. The summed E-state index contributed by atoms with van der Waals surface area (Å²) in [6.07, 6.45) is 0. The smallest absolute Gasteiger partial charge is 0.255 e. The average molecular weight is 412 g/mol. The number of hydrogen-bond acceptors (Lipinski definition) is 3. The van der Waals surface area contributed by atoms with Gasteiger partial charge in [0.05, 0.1) is 0 Å². The first-order valence-electron chi connectivity index (χ1n) is 9.51. The first-order chi connectivity index (χ1) is 13.4. The summed E-state index contributed by atoms with van der Waals surface area (Å²) in [4.78, 5) is 24.6. The number of benzene rings is 2. The number of carbonyl (C=O) groups is 2. The van der Waals surface area contributed by atoms with E-state index in [0.29, 0.717) is 16.9 Å². The summed E-state index contributed by atoms with van der Waals surface area (Å²) in [5.74, 6) is -0.357. The van der Waals surface area contributed by atoms with E-state index in [9.17, 15) is 9.59 Å². The van der Waals surface area contributed by atoms with Crippen molar-refractivity contribution in [1.82, 2.24) is 5.32 Å². The van der Waals surface area contributed by atoms with E-state index in [1.807, 2.05) is 51.1 Å². The van der Waals surface area contributed by atoms with Crippen molar-refractivity contribution in [2.24, 2.45) is 5.41 Å². The molecule has 0 bridgehead atoms. The van der Waals surface area contributed by atoms with Crippen molar-refractivity contribution in [2.45, 2.75) is 47.0 Å². The van der Waals surface area contributed by atoms with E-state index in [1.54, 1.807) is 18.2 Å². The molecule has 2 rings (SSSR count). The molecule has 5 nitrogen and oxygen atoms in total. The standard InChI is InChI=1S/C23H29N3O2S/c1-22(2,3)16-12-10-15(11-13-16)19(27)24-17-8-7-9-18(14-17)25-21(29)26-20(28)23(4,5)6/h7-14H,1-6H3,(H,24,27)(H2,25,26,28,29). The second-order valence-electron chi connectivity index (χ2n) is 9.02. The summed E-state index contributed by atoms with van der Waals surface area (Å²) in [5, 5.41) is 8.74. The Morgan fingerprint density at radius 1 is 0.828 bits per heavy atom. The zero-order valence-electron chi connectivity index (χ0n) is 17.8. The van der Waals surface area contributed by atoms with Crippen molar-refractivity contribution in [3.8, 4) is 0 Å². The monoisotopic (exact) mass is 411 g/mol. The van der Waals surface area contributed by atoms with Gasteiger partial charge in [-0.15, -0.1) is 0 Å². The average Bonchev–Trinajstić information content (AvgIpc) is 2.60. The maximum Gasteiger partial charge on any atom is 0.255 e. The van der Waals surface area contributed by atoms with E-state index < -0.39 is 5.41 Å². The van der Waals surface area contributed by atoms with E-state index in [2.05, 4.69) is 36.7 Å². The summed E-state index contributed by atoms with van der Waals surface area (Å²) in [6, 6.07) is 14.8. The number of amides is 2. The minimum absolute atomic E-state index is 0.0375. The molecule has 0 spiro atoms. The Balaban J connectivity index is 2.03. The highest BCUT2D eigenvalue weighted by molar-refractivity contribution is 7.80. The molecule has 0 saturated carbocycles. The van der Waals surface area contributed by atoms with Crippen LogP contribution < -0.4 is 16.0 Å². The lowest BCUT2D eigenvalue weighted by Crippen LogP contribution is -2.41. The molecule has 0 atom stereocenters. The van der Waals surface area contributed by atoms with Gasteiger partial charge in [-0.2, -0.15) is 0 Å². The van der Waals surface area contributed by atoms with E-state index in [-0.39, 0.29) is 22.3 Å². The zero-order chi connectivity index (χ0) is 21.8. The summed E-state index contributed by atoms with van der Waals surface area (Å²) in [6.45, 7) is 11.8. The molecule has 6 heteroatoms. The van der Waals surface area contributed by atoms with Crippen LogP contribution in [0, 0.1) is 5.41 Å². The highest BCUT2D eigenvalue weighted by Gasteiger charge is 2.22. The number of rotatable bonds is 3. The molecule has 0 heterocycles. The Bertz CT molecular complexity index is 907. The quantitative estimate of drug-likeness (QED) is 0.615. The maximum absolute atomic E-state index is 12.6. The lowest BCUT2D eigenvalue weighted by atomic mass is 9.87. The Morgan fingerprint density at radius 2 is 1.38 bits per heavy atom. The van der Waals surface area contributed by atoms with Gasteiger partial charge in [0.1, 0.15) is 0 Å². The van der Waals surface area contributed by atoms with Crippen molar-refractivity contribution in [1.29, 1.82) is 0 Å². The number of nitrogens with one attached hydrogen (secondary N) is 3. The van der Waals surface area contributed by atoms with Crippen LogP contribution >= 0.6 is 12.2 Å². The lowest BCUT2D eigenvalue weighted by molar-refractivity contribution is -0.126. The van der Waals surface area contributed by atoms with Crippen LogP contribution in [0.25, 0.3) is 0 Å². The minimum Gasteiger partial charge on any atom is -0.332 e. The zero-order valence-corrected chi connectivity index (χ0v) is 18.7. The Morgan fingerprint density at radius 3 is 1.90 bits per heavy atom. The molecule has 2 aromatic carbocycles. The third-order valence-electron chi connectivity index (χ3n) is 4.30. The Hall–Kier alpha value is -2.73. The van der Waals surface area contributed by atoms with Crippen molar-refractivity contribution in [2.75, 3.05) is 10.6 Å². The molecular weight excluding hydrogens is 382 g/mol.